The third-order valence-electron chi connectivity index (χ3n) is 5.66. The van der Waals surface area contributed by atoms with Crippen LogP contribution in [0.15, 0.2) is 36.4 Å². The number of fused-ring (bicyclic) bond motifs is 6. The second-order valence-electron chi connectivity index (χ2n) is 7.20. The van der Waals surface area contributed by atoms with Crippen molar-refractivity contribution < 1.29 is 24.5 Å². The number of hydrogen-bond donors (Lipinski definition) is 0. The molecule has 5 rings (SSSR count). The van der Waals surface area contributed by atoms with Gasteiger partial charge in [-0.15, -0.1) is 29.7 Å². The summed E-state index contributed by atoms with van der Waals surface area (Å²) >= 11 is 0. The SMILES string of the molecule is Cc1nc2c3[c-]cccc3c3ccc(F)cc3n2c1C1CCCCC1.[Ir]. The van der Waals surface area contributed by atoms with Crippen molar-refractivity contribution in [2.24, 2.45) is 0 Å². The predicted molar refractivity (Wildman–Crippen MR) is 99.6 cm³/mol. The van der Waals surface area contributed by atoms with Crippen LogP contribution in [0, 0.1) is 18.8 Å². The average molecular weight is 524 g/mol. The minimum atomic E-state index is -0.200. The van der Waals surface area contributed by atoms with Crippen LogP contribution in [0.5, 0.6) is 0 Å². The maximum absolute atomic E-state index is 14.1. The van der Waals surface area contributed by atoms with Gasteiger partial charge in [0, 0.05) is 42.9 Å². The fourth-order valence-electron chi connectivity index (χ4n) is 4.57. The quantitative estimate of drug-likeness (QED) is 0.223. The summed E-state index contributed by atoms with van der Waals surface area (Å²) in [7, 11) is 0. The maximum atomic E-state index is 14.1. The molecule has 2 aromatic carbocycles. The predicted octanol–water partition coefficient (Wildman–Crippen LogP) is 5.93. The molecule has 1 saturated carbocycles. The van der Waals surface area contributed by atoms with Crippen LogP contribution in [-0.4, -0.2) is 9.38 Å². The van der Waals surface area contributed by atoms with E-state index in [0.717, 1.165) is 33.0 Å². The zero-order valence-corrected chi connectivity index (χ0v) is 17.1. The molecule has 0 unspecified atom stereocenters. The van der Waals surface area contributed by atoms with Gasteiger partial charge in [0.2, 0.25) is 0 Å². The Labute approximate surface area is 165 Å². The molecule has 26 heavy (non-hydrogen) atoms. The number of hydrogen-bond acceptors (Lipinski definition) is 1. The van der Waals surface area contributed by atoms with Gasteiger partial charge < -0.3 is 4.40 Å². The summed E-state index contributed by atoms with van der Waals surface area (Å²) in [4.78, 5) is 4.91. The largest absolute Gasteiger partial charge is 0.337 e. The summed E-state index contributed by atoms with van der Waals surface area (Å²) in [5.41, 5.74) is 4.17. The molecule has 0 amide bonds. The van der Waals surface area contributed by atoms with Crippen LogP contribution in [0.3, 0.4) is 0 Å². The van der Waals surface area contributed by atoms with Crippen molar-refractivity contribution in [3.05, 3.63) is 59.7 Å². The first-order valence-corrected chi connectivity index (χ1v) is 9.14. The Balaban J connectivity index is 0.00000168. The van der Waals surface area contributed by atoms with E-state index in [1.807, 2.05) is 18.2 Å². The Morgan fingerprint density at radius 3 is 2.73 bits per heavy atom. The second kappa shape index (κ2) is 6.75. The zero-order valence-electron chi connectivity index (χ0n) is 14.7. The van der Waals surface area contributed by atoms with Gasteiger partial charge in [-0.3, -0.25) is 4.98 Å². The number of aryl methyl sites for hydroxylation is 1. The monoisotopic (exact) mass is 524 g/mol. The van der Waals surface area contributed by atoms with E-state index in [4.69, 9.17) is 4.98 Å². The molecule has 4 aromatic rings. The van der Waals surface area contributed by atoms with E-state index >= 15 is 0 Å². The van der Waals surface area contributed by atoms with Crippen molar-refractivity contribution >= 4 is 27.3 Å². The molecule has 0 spiro atoms. The van der Waals surface area contributed by atoms with Crippen LogP contribution in [0.25, 0.3) is 27.3 Å². The summed E-state index contributed by atoms with van der Waals surface area (Å²) < 4.78 is 16.3. The molecular formula is C22H20FIrN2-. The molecule has 0 atom stereocenters. The third kappa shape index (κ3) is 2.59. The van der Waals surface area contributed by atoms with E-state index in [1.165, 1.54) is 37.8 Å². The summed E-state index contributed by atoms with van der Waals surface area (Å²) in [5.74, 6) is 0.311. The van der Waals surface area contributed by atoms with Crippen molar-refractivity contribution in [3.8, 4) is 0 Å². The summed E-state index contributed by atoms with van der Waals surface area (Å²) in [6.07, 6.45) is 6.25. The van der Waals surface area contributed by atoms with Crippen LogP contribution < -0.4 is 0 Å². The molecule has 2 nitrogen and oxygen atoms in total. The van der Waals surface area contributed by atoms with Gasteiger partial charge in [0.1, 0.15) is 5.82 Å². The fraction of sp³-hybridized carbons (Fsp3) is 0.318. The van der Waals surface area contributed by atoms with Crippen LogP contribution in [0.4, 0.5) is 4.39 Å². The van der Waals surface area contributed by atoms with Gasteiger partial charge in [0.05, 0.1) is 5.65 Å². The molecule has 2 heterocycles. The number of nitrogens with zero attached hydrogens (tertiary/aromatic N) is 2. The van der Waals surface area contributed by atoms with Gasteiger partial charge in [-0.1, -0.05) is 30.7 Å². The summed E-state index contributed by atoms with van der Waals surface area (Å²) in [6, 6.07) is 14.5. The summed E-state index contributed by atoms with van der Waals surface area (Å²) in [5, 5.41) is 3.17. The third-order valence-corrected chi connectivity index (χ3v) is 5.66. The van der Waals surface area contributed by atoms with E-state index in [2.05, 4.69) is 23.5 Å². The molecule has 1 fully saturated rings. The number of rotatable bonds is 1. The maximum Gasteiger partial charge on any atom is 0.125 e. The molecule has 135 valence electrons. The van der Waals surface area contributed by atoms with E-state index < -0.39 is 0 Å². The van der Waals surface area contributed by atoms with Crippen molar-refractivity contribution in [3.63, 3.8) is 0 Å². The fourth-order valence-corrected chi connectivity index (χ4v) is 4.57. The van der Waals surface area contributed by atoms with Gasteiger partial charge >= 0.3 is 0 Å². The molecule has 1 radical (unpaired) electrons. The standard InChI is InChI=1S/C22H20FN2.Ir/c1-14-21(15-7-3-2-4-8-15)25-20-13-16(23)11-12-18(20)17-9-5-6-10-19(17)22(25)24-14;/h5-6,9,11-13,15H,2-4,7-8H2,1H3;/q-1;. The van der Waals surface area contributed by atoms with Gasteiger partial charge in [-0.05, 0) is 37.3 Å². The van der Waals surface area contributed by atoms with Crippen molar-refractivity contribution in [1.29, 1.82) is 0 Å². The minimum Gasteiger partial charge on any atom is -0.337 e. The molecule has 0 N–H and O–H groups in total. The smallest absolute Gasteiger partial charge is 0.125 e. The van der Waals surface area contributed by atoms with E-state index in [0.29, 0.717) is 5.92 Å². The number of halogens is 1. The molecule has 1 aliphatic carbocycles. The number of aromatic nitrogens is 2. The topological polar surface area (TPSA) is 17.3 Å². The van der Waals surface area contributed by atoms with E-state index in [9.17, 15) is 4.39 Å². The Morgan fingerprint density at radius 2 is 1.92 bits per heavy atom. The number of imidazole rings is 1. The summed E-state index contributed by atoms with van der Waals surface area (Å²) in [6.45, 7) is 2.09. The Bertz CT molecular complexity index is 1110. The Kier molecular flexibility index (Phi) is 4.58. The van der Waals surface area contributed by atoms with Gasteiger partial charge in [0.25, 0.3) is 0 Å². The van der Waals surface area contributed by atoms with Gasteiger partial charge in [-0.2, -0.15) is 0 Å². The first-order valence-electron chi connectivity index (χ1n) is 9.14. The van der Waals surface area contributed by atoms with Crippen LogP contribution in [0.2, 0.25) is 0 Å². The first-order chi connectivity index (χ1) is 12.2. The molecule has 0 saturated heterocycles. The first kappa shape index (κ1) is 17.6. The average Bonchev–Trinajstić information content (AvgIpc) is 3.00. The molecule has 2 aromatic heterocycles. The van der Waals surface area contributed by atoms with Crippen molar-refractivity contribution in [2.75, 3.05) is 0 Å². The van der Waals surface area contributed by atoms with Crippen LogP contribution in [-0.2, 0) is 20.1 Å². The minimum absolute atomic E-state index is 0. The number of pyridine rings is 1. The van der Waals surface area contributed by atoms with Gasteiger partial charge in [-0.25, -0.2) is 4.39 Å². The van der Waals surface area contributed by atoms with Crippen LogP contribution >= 0.6 is 0 Å². The molecule has 0 bridgehead atoms. The zero-order chi connectivity index (χ0) is 17.0. The second-order valence-corrected chi connectivity index (χ2v) is 7.20. The van der Waals surface area contributed by atoms with E-state index in [1.54, 1.807) is 12.1 Å². The number of benzene rings is 2. The normalized spacial score (nSPS) is 15.6. The van der Waals surface area contributed by atoms with Crippen molar-refractivity contribution in [1.82, 2.24) is 9.38 Å². The molecule has 1 aliphatic rings. The molecule has 0 aliphatic heterocycles. The van der Waals surface area contributed by atoms with E-state index in [-0.39, 0.29) is 25.9 Å². The van der Waals surface area contributed by atoms with Crippen molar-refractivity contribution in [2.45, 2.75) is 44.9 Å². The Hall–Kier alpha value is -1.77. The Morgan fingerprint density at radius 1 is 1.12 bits per heavy atom. The molecule has 4 heteroatoms. The van der Waals surface area contributed by atoms with Crippen LogP contribution in [0.1, 0.15) is 49.4 Å². The molecular weight excluding hydrogens is 503 g/mol. The van der Waals surface area contributed by atoms with Gasteiger partial charge in [0.15, 0.2) is 0 Å².